The van der Waals surface area contributed by atoms with Crippen LogP contribution in [-0.4, -0.2) is 0 Å². The van der Waals surface area contributed by atoms with Crippen LogP contribution in [0.4, 0.5) is 17.6 Å². The Kier molecular flexibility index (Phi) is 4.32. The predicted octanol–water partition coefficient (Wildman–Crippen LogP) is 4.72. The van der Waals surface area contributed by atoms with E-state index in [0.717, 1.165) is 18.9 Å². The van der Waals surface area contributed by atoms with Crippen LogP contribution in [0.3, 0.4) is 0 Å². The summed E-state index contributed by atoms with van der Waals surface area (Å²) in [5.41, 5.74) is -2.22. The Morgan fingerprint density at radius 1 is 1.05 bits per heavy atom. The normalized spacial score (nSPS) is 10.7. The topological polar surface area (TPSA) is 36.9 Å². The Hall–Kier alpha value is -2.29. The zero-order valence-electron chi connectivity index (χ0n) is 11.1. The maximum absolute atomic E-state index is 13.8. The van der Waals surface area contributed by atoms with Crippen LogP contribution in [0, 0.1) is 34.6 Å². The number of halogens is 4. The van der Waals surface area contributed by atoms with Crippen LogP contribution in [0.5, 0.6) is 0 Å². The number of furan rings is 1. The highest BCUT2D eigenvalue weighted by Gasteiger charge is 2.27. The molecule has 0 aliphatic heterocycles. The Morgan fingerprint density at radius 3 is 2.19 bits per heavy atom. The van der Waals surface area contributed by atoms with Crippen LogP contribution >= 0.6 is 0 Å². The van der Waals surface area contributed by atoms with E-state index in [0.29, 0.717) is 12.2 Å². The van der Waals surface area contributed by atoms with Crippen molar-refractivity contribution in [1.29, 1.82) is 5.26 Å². The number of nitrogens with zero attached hydrogens (tertiary/aromatic N) is 1. The summed E-state index contributed by atoms with van der Waals surface area (Å²) in [6, 6.07) is 3.84. The van der Waals surface area contributed by atoms with Crippen molar-refractivity contribution >= 4 is 0 Å². The first-order valence-electron chi connectivity index (χ1n) is 6.36. The van der Waals surface area contributed by atoms with Crippen LogP contribution in [0.1, 0.15) is 31.1 Å². The molecule has 2 aromatic rings. The largest absolute Gasteiger partial charge is 0.461 e. The molecular formula is C15H11F4NO. The van der Waals surface area contributed by atoms with E-state index >= 15 is 0 Å². The highest BCUT2D eigenvalue weighted by Crippen LogP contribution is 2.33. The minimum atomic E-state index is -1.72. The number of hydrogen-bond acceptors (Lipinski definition) is 2. The van der Waals surface area contributed by atoms with E-state index in [-0.39, 0.29) is 5.76 Å². The molecule has 1 heterocycles. The molecule has 0 amide bonds. The predicted molar refractivity (Wildman–Crippen MR) is 67.3 cm³/mol. The quantitative estimate of drug-likeness (QED) is 0.605. The SMILES string of the molecule is CCCCc1ccc(-c2c(F)c(F)c(C#N)c(F)c2F)o1. The summed E-state index contributed by atoms with van der Waals surface area (Å²) < 4.78 is 60.0. The van der Waals surface area contributed by atoms with Gasteiger partial charge in [-0.25, -0.2) is 17.6 Å². The van der Waals surface area contributed by atoms with Crippen molar-refractivity contribution in [3.63, 3.8) is 0 Å². The highest BCUT2D eigenvalue weighted by atomic mass is 19.2. The van der Waals surface area contributed by atoms with Crippen molar-refractivity contribution in [3.8, 4) is 17.4 Å². The molecule has 2 nitrogen and oxygen atoms in total. The molecule has 0 fully saturated rings. The molecule has 0 radical (unpaired) electrons. The number of aryl methyl sites for hydroxylation is 1. The molecule has 0 N–H and O–H groups in total. The zero-order valence-corrected chi connectivity index (χ0v) is 11.1. The third-order valence-corrected chi connectivity index (χ3v) is 3.06. The molecule has 6 heteroatoms. The number of unbranched alkanes of at least 4 members (excludes halogenated alkanes) is 1. The molecule has 0 spiro atoms. The fraction of sp³-hybridized carbons (Fsp3) is 0.267. The molecule has 0 unspecified atom stereocenters. The highest BCUT2D eigenvalue weighted by molar-refractivity contribution is 5.62. The molecule has 0 bridgehead atoms. The summed E-state index contributed by atoms with van der Waals surface area (Å²) in [7, 11) is 0. The maximum atomic E-state index is 13.8. The van der Waals surface area contributed by atoms with Gasteiger partial charge < -0.3 is 4.42 Å². The molecule has 2 rings (SSSR count). The summed E-state index contributed by atoms with van der Waals surface area (Å²) in [5.74, 6) is -6.56. The molecule has 1 aromatic heterocycles. The van der Waals surface area contributed by atoms with Gasteiger partial charge in [0, 0.05) is 6.42 Å². The summed E-state index contributed by atoms with van der Waals surface area (Å²) in [5, 5.41) is 8.52. The Bertz CT molecular complexity index is 686. The summed E-state index contributed by atoms with van der Waals surface area (Å²) in [6.07, 6.45) is 2.27. The zero-order chi connectivity index (χ0) is 15.6. The first-order chi connectivity index (χ1) is 10.0. The smallest absolute Gasteiger partial charge is 0.180 e. The van der Waals surface area contributed by atoms with Gasteiger partial charge in [0.05, 0.1) is 5.56 Å². The lowest BCUT2D eigenvalue weighted by molar-refractivity contribution is 0.444. The van der Waals surface area contributed by atoms with Crippen molar-refractivity contribution in [3.05, 3.63) is 46.7 Å². The van der Waals surface area contributed by atoms with E-state index in [1.807, 2.05) is 6.92 Å². The molecule has 0 saturated carbocycles. The van der Waals surface area contributed by atoms with Gasteiger partial charge in [-0.2, -0.15) is 5.26 Å². The van der Waals surface area contributed by atoms with Gasteiger partial charge in [-0.15, -0.1) is 0 Å². The summed E-state index contributed by atoms with van der Waals surface area (Å²) in [4.78, 5) is 0. The lowest BCUT2D eigenvalue weighted by Crippen LogP contribution is -2.03. The number of nitriles is 1. The Morgan fingerprint density at radius 2 is 1.67 bits per heavy atom. The van der Waals surface area contributed by atoms with Crippen LogP contribution in [0.2, 0.25) is 0 Å². The average Bonchev–Trinajstić information content (AvgIpc) is 2.92. The van der Waals surface area contributed by atoms with Crippen molar-refractivity contribution in [2.24, 2.45) is 0 Å². The van der Waals surface area contributed by atoms with Crippen molar-refractivity contribution in [2.75, 3.05) is 0 Å². The van der Waals surface area contributed by atoms with E-state index in [9.17, 15) is 17.6 Å². The molecule has 1 aromatic carbocycles. The van der Waals surface area contributed by atoms with Gasteiger partial charge in [-0.05, 0) is 18.6 Å². The maximum Gasteiger partial charge on any atom is 0.180 e. The van der Waals surface area contributed by atoms with Gasteiger partial charge in [0.1, 0.15) is 23.2 Å². The number of benzene rings is 1. The fourth-order valence-corrected chi connectivity index (χ4v) is 1.94. The van der Waals surface area contributed by atoms with Crippen molar-refractivity contribution < 1.29 is 22.0 Å². The van der Waals surface area contributed by atoms with Gasteiger partial charge in [0.25, 0.3) is 0 Å². The Labute approximate surface area is 118 Å². The van der Waals surface area contributed by atoms with Crippen molar-refractivity contribution in [2.45, 2.75) is 26.2 Å². The second-order valence-electron chi connectivity index (χ2n) is 4.49. The molecule has 0 aliphatic rings. The summed E-state index contributed by atoms with van der Waals surface area (Å²) in [6.45, 7) is 1.97. The molecule has 0 saturated heterocycles. The van der Waals surface area contributed by atoms with Gasteiger partial charge in [-0.1, -0.05) is 13.3 Å². The van der Waals surface area contributed by atoms with Crippen LogP contribution < -0.4 is 0 Å². The van der Waals surface area contributed by atoms with E-state index < -0.39 is 34.4 Å². The molecule has 0 atom stereocenters. The summed E-state index contributed by atoms with van der Waals surface area (Å²) >= 11 is 0. The average molecular weight is 297 g/mol. The molecule has 21 heavy (non-hydrogen) atoms. The van der Waals surface area contributed by atoms with E-state index in [1.54, 1.807) is 0 Å². The number of rotatable bonds is 4. The first kappa shape index (κ1) is 15.1. The third kappa shape index (κ3) is 2.64. The molecule has 110 valence electrons. The van der Waals surface area contributed by atoms with Crippen molar-refractivity contribution in [1.82, 2.24) is 0 Å². The standard InChI is InChI=1S/C15H11F4NO/c1-2-3-4-8-5-6-10(21-8)11-14(18)12(16)9(7-20)13(17)15(11)19/h5-6H,2-4H2,1H3. The monoisotopic (exact) mass is 297 g/mol. The number of hydrogen-bond donors (Lipinski definition) is 0. The first-order valence-corrected chi connectivity index (χ1v) is 6.36. The minimum Gasteiger partial charge on any atom is -0.461 e. The lowest BCUT2D eigenvalue weighted by Gasteiger charge is -2.06. The van der Waals surface area contributed by atoms with Crippen LogP contribution in [0.25, 0.3) is 11.3 Å². The third-order valence-electron chi connectivity index (χ3n) is 3.06. The van der Waals surface area contributed by atoms with Gasteiger partial charge in [0.2, 0.25) is 0 Å². The van der Waals surface area contributed by atoms with Crippen LogP contribution in [-0.2, 0) is 6.42 Å². The Balaban J connectivity index is 2.55. The van der Waals surface area contributed by atoms with Gasteiger partial charge >= 0.3 is 0 Å². The van der Waals surface area contributed by atoms with Crippen LogP contribution in [0.15, 0.2) is 16.5 Å². The molecule has 0 aliphatic carbocycles. The molecular weight excluding hydrogens is 286 g/mol. The lowest BCUT2D eigenvalue weighted by atomic mass is 10.1. The van der Waals surface area contributed by atoms with E-state index in [1.165, 1.54) is 12.1 Å². The van der Waals surface area contributed by atoms with E-state index in [2.05, 4.69) is 0 Å². The van der Waals surface area contributed by atoms with E-state index in [4.69, 9.17) is 9.68 Å². The van der Waals surface area contributed by atoms with Gasteiger partial charge in [-0.3, -0.25) is 0 Å². The second-order valence-corrected chi connectivity index (χ2v) is 4.49. The second kappa shape index (κ2) is 6.00. The minimum absolute atomic E-state index is 0.307. The fourth-order valence-electron chi connectivity index (χ4n) is 1.94. The van der Waals surface area contributed by atoms with Gasteiger partial charge in [0.15, 0.2) is 23.3 Å².